The van der Waals surface area contributed by atoms with Gasteiger partial charge in [-0.3, -0.25) is 4.79 Å². The van der Waals surface area contributed by atoms with Crippen LogP contribution in [0.3, 0.4) is 0 Å². The lowest BCUT2D eigenvalue weighted by Crippen LogP contribution is -2.42. The third kappa shape index (κ3) is 5.40. The summed E-state index contributed by atoms with van der Waals surface area (Å²) in [6.07, 6.45) is -0.427. The number of benzene rings is 2. The Kier molecular flexibility index (Phi) is 7.08. The number of rotatable bonds is 8. The SMILES string of the molecule is CC(C)(C)[Si](C)(C)OC(CN=[N+]=[N-])c1ccc(OCc2ccccc2)c2[nH]c(=O)ccc12. The lowest BCUT2D eigenvalue weighted by Gasteiger charge is -2.39. The molecular formula is C24H30N4O3Si. The van der Waals surface area contributed by atoms with Crippen LogP contribution in [0.2, 0.25) is 18.1 Å². The number of nitrogens with one attached hydrogen (secondary N) is 1. The number of nitrogens with zero attached hydrogens (tertiary/aromatic N) is 3. The Bertz CT molecular complexity index is 1180. The van der Waals surface area contributed by atoms with E-state index >= 15 is 0 Å². The van der Waals surface area contributed by atoms with Crippen molar-refractivity contribution in [2.24, 2.45) is 5.11 Å². The summed E-state index contributed by atoms with van der Waals surface area (Å²) in [6.45, 7) is 11.4. The molecule has 168 valence electrons. The highest BCUT2D eigenvalue weighted by molar-refractivity contribution is 6.74. The number of hydrogen-bond donors (Lipinski definition) is 1. The van der Waals surface area contributed by atoms with Gasteiger partial charge in [0.1, 0.15) is 12.4 Å². The van der Waals surface area contributed by atoms with Crippen LogP contribution in [0.5, 0.6) is 5.75 Å². The first-order valence-corrected chi connectivity index (χ1v) is 13.5. The van der Waals surface area contributed by atoms with E-state index in [0.717, 1.165) is 16.5 Å². The van der Waals surface area contributed by atoms with E-state index in [9.17, 15) is 4.79 Å². The second-order valence-electron chi connectivity index (χ2n) is 9.32. The molecule has 0 aliphatic rings. The van der Waals surface area contributed by atoms with Gasteiger partial charge in [-0.05, 0) is 46.9 Å². The van der Waals surface area contributed by atoms with E-state index in [1.54, 1.807) is 6.07 Å². The number of H-pyrrole nitrogens is 1. The van der Waals surface area contributed by atoms with E-state index in [1.807, 2.05) is 42.5 Å². The number of azide groups is 1. The Morgan fingerprint density at radius 2 is 1.81 bits per heavy atom. The largest absolute Gasteiger partial charge is 0.487 e. The minimum Gasteiger partial charge on any atom is -0.487 e. The third-order valence-corrected chi connectivity index (χ3v) is 10.5. The van der Waals surface area contributed by atoms with E-state index in [2.05, 4.69) is 48.9 Å². The fourth-order valence-corrected chi connectivity index (χ4v) is 4.49. The third-order valence-electron chi connectivity index (χ3n) is 6.03. The van der Waals surface area contributed by atoms with Crippen molar-refractivity contribution in [2.45, 2.75) is 51.6 Å². The van der Waals surface area contributed by atoms with Crippen molar-refractivity contribution in [3.8, 4) is 5.75 Å². The quantitative estimate of drug-likeness (QED) is 0.184. The summed E-state index contributed by atoms with van der Waals surface area (Å²) >= 11 is 0. The van der Waals surface area contributed by atoms with E-state index in [4.69, 9.17) is 14.7 Å². The van der Waals surface area contributed by atoms with Crippen molar-refractivity contribution in [2.75, 3.05) is 6.54 Å². The molecule has 0 aliphatic heterocycles. The summed E-state index contributed by atoms with van der Waals surface area (Å²) in [5.74, 6) is 0.583. The molecule has 0 aliphatic carbocycles. The summed E-state index contributed by atoms with van der Waals surface area (Å²) in [7, 11) is -2.16. The molecule has 3 rings (SSSR count). The summed E-state index contributed by atoms with van der Waals surface area (Å²) in [5, 5.41) is 4.61. The number of pyridine rings is 1. The first-order valence-electron chi connectivity index (χ1n) is 10.6. The van der Waals surface area contributed by atoms with Gasteiger partial charge in [0, 0.05) is 16.4 Å². The van der Waals surface area contributed by atoms with Crippen molar-refractivity contribution in [3.63, 3.8) is 0 Å². The Morgan fingerprint density at radius 1 is 1.09 bits per heavy atom. The maximum Gasteiger partial charge on any atom is 0.248 e. The molecular weight excluding hydrogens is 420 g/mol. The van der Waals surface area contributed by atoms with Crippen LogP contribution < -0.4 is 10.3 Å². The van der Waals surface area contributed by atoms with Gasteiger partial charge in [-0.1, -0.05) is 62.3 Å². The highest BCUT2D eigenvalue weighted by Gasteiger charge is 2.39. The number of aromatic nitrogens is 1. The zero-order valence-electron chi connectivity index (χ0n) is 19.3. The fourth-order valence-electron chi connectivity index (χ4n) is 3.23. The molecule has 0 saturated carbocycles. The molecule has 1 atom stereocenters. The molecule has 3 aromatic rings. The van der Waals surface area contributed by atoms with Crippen LogP contribution in [0.15, 0.2) is 64.5 Å². The minimum absolute atomic E-state index is 0.00946. The maximum absolute atomic E-state index is 12.1. The average Bonchev–Trinajstić information content (AvgIpc) is 2.74. The van der Waals surface area contributed by atoms with Gasteiger partial charge in [-0.25, -0.2) is 0 Å². The Balaban J connectivity index is 2.04. The van der Waals surface area contributed by atoms with Crippen LogP contribution in [0.1, 0.15) is 38.0 Å². The van der Waals surface area contributed by atoms with Gasteiger partial charge < -0.3 is 14.1 Å². The van der Waals surface area contributed by atoms with Gasteiger partial charge in [-0.15, -0.1) is 0 Å². The molecule has 0 bridgehead atoms. The summed E-state index contributed by atoms with van der Waals surface area (Å²) in [4.78, 5) is 18.0. The number of aromatic amines is 1. The van der Waals surface area contributed by atoms with Crippen molar-refractivity contribution >= 4 is 19.2 Å². The van der Waals surface area contributed by atoms with Crippen LogP contribution in [-0.4, -0.2) is 19.8 Å². The van der Waals surface area contributed by atoms with Gasteiger partial charge >= 0.3 is 0 Å². The van der Waals surface area contributed by atoms with Crippen molar-refractivity contribution < 1.29 is 9.16 Å². The molecule has 0 saturated heterocycles. The molecule has 0 spiro atoms. The van der Waals surface area contributed by atoms with Gasteiger partial charge in [0.25, 0.3) is 0 Å². The van der Waals surface area contributed by atoms with Crippen molar-refractivity contribution in [1.29, 1.82) is 0 Å². The summed E-state index contributed by atoms with van der Waals surface area (Å²) < 4.78 is 12.7. The standard InChI is InChI=1S/C24H30N4O3Si/c1-24(2,3)32(4,5)31-21(15-26-28-25)18-11-13-20(23-19(18)12-14-22(29)27-23)30-16-17-9-7-6-8-10-17/h6-14,21H,15-16H2,1-5H3,(H,27,29). The molecule has 0 amide bonds. The molecule has 2 aromatic carbocycles. The summed E-state index contributed by atoms with van der Waals surface area (Å²) in [5.41, 5.74) is 11.2. The normalized spacial score (nSPS) is 12.9. The van der Waals surface area contributed by atoms with Crippen molar-refractivity contribution in [3.05, 3.63) is 86.5 Å². The highest BCUT2D eigenvalue weighted by Crippen LogP contribution is 2.41. The van der Waals surface area contributed by atoms with Crippen LogP contribution >= 0.6 is 0 Å². The molecule has 0 radical (unpaired) electrons. The number of fused-ring (bicyclic) bond motifs is 1. The monoisotopic (exact) mass is 450 g/mol. The molecule has 1 N–H and O–H groups in total. The zero-order chi connectivity index (χ0) is 23.4. The minimum atomic E-state index is -2.16. The van der Waals surface area contributed by atoms with Crippen LogP contribution in [0.4, 0.5) is 0 Å². The molecule has 1 aromatic heterocycles. The molecule has 7 nitrogen and oxygen atoms in total. The number of hydrogen-bond acceptors (Lipinski definition) is 4. The lowest BCUT2D eigenvalue weighted by molar-refractivity contribution is 0.193. The Labute approximate surface area is 189 Å². The average molecular weight is 451 g/mol. The first-order chi connectivity index (χ1) is 15.1. The van der Waals surface area contributed by atoms with E-state index in [1.165, 1.54) is 6.07 Å². The molecule has 8 heteroatoms. The highest BCUT2D eigenvalue weighted by atomic mass is 28.4. The van der Waals surface area contributed by atoms with Gasteiger partial charge in [0.05, 0.1) is 18.2 Å². The zero-order valence-corrected chi connectivity index (χ0v) is 20.3. The molecule has 1 heterocycles. The number of ether oxygens (including phenoxy) is 1. The predicted molar refractivity (Wildman–Crippen MR) is 130 cm³/mol. The van der Waals surface area contributed by atoms with Gasteiger partial charge in [0.15, 0.2) is 8.32 Å². The second-order valence-corrected chi connectivity index (χ2v) is 14.1. The Hall–Kier alpha value is -3.06. The van der Waals surface area contributed by atoms with Crippen LogP contribution in [0.25, 0.3) is 21.3 Å². The molecule has 0 fully saturated rings. The first kappa shape index (κ1) is 23.6. The van der Waals surface area contributed by atoms with Crippen LogP contribution in [-0.2, 0) is 11.0 Å². The lowest BCUT2D eigenvalue weighted by atomic mass is 10.0. The maximum atomic E-state index is 12.1. The van der Waals surface area contributed by atoms with Gasteiger partial charge in [-0.2, -0.15) is 0 Å². The Morgan fingerprint density at radius 3 is 2.47 bits per heavy atom. The molecule has 1 unspecified atom stereocenters. The van der Waals surface area contributed by atoms with Crippen LogP contribution in [0, 0.1) is 0 Å². The van der Waals surface area contributed by atoms with E-state index in [0.29, 0.717) is 17.9 Å². The van der Waals surface area contributed by atoms with E-state index in [-0.39, 0.29) is 17.1 Å². The predicted octanol–water partition coefficient (Wildman–Crippen LogP) is 6.48. The smallest absolute Gasteiger partial charge is 0.248 e. The van der Waals surface area contributed by atoms with Gasteiger partial charge in [0.2, 0.25) is 5.56 Å². The van der Waals surface area contributed by atoms with Crippen molar-refractivity contribution in [1.82, 2.24) is 4.98 Å². The second kappa shape index (κ2) is 9.61. The fraction of sp³-hybridized carbons (Fsp3) is 0.375. The summed E-state index contributed by atoms with van der Waals surface area (Å²) in [6, 6.07) is 16.9. The molecule has 32 heavy (non-hydrogen) atoms. The topological polar surface area (TPSA) is 100 Å². The van der Waals surface area contributed by atoms with E-state index < -0.39 is 14.4 Å².